The number of ketones is 1. The standard InChI is InChI=1S/C16H11ClOS/c1-10(18)13-6-5-12(9-15(13)17)14-4-2-3-11-7-8-19-16(11)14/h2-9H,1H3. The van der Waals surface area contributed by atoms with Crippen LogP contribution in [0.1, 0.15) is 17.3 Å². The molecule has 0 spiro atoms. The Balaban J connectivity index is 2.19. The van der Waals surface area contributed by atoms with Crippen molar-refractivity contribution in [3.63, 3.8) is 0 Å². The van der Waals surface area contributed by atoms with Crippen molar-refractivity contribution in [2.75, 3.05) is 0 Å². The van der Waals surface area contributed by atoms with Crippen molar-refractivity contribution in [2.24, 2.45) is 0 Å². The average Bonchev–Trinajstić information content (AvgIpc) is 2.86. The number of hydrogen-bond donors (Lipinski definition) is 0. The van der Waals surface area contributed by atoms with Crippen LogP contribution in [0, 0.1) is 0 Å². The second-order valence-electron chi connectivity index (χ2n) is 4.40. The molecule has 3 aromatic rings. The molecule has 1 heterocycles. The van der Waals surface area contributed by atoms with E-state index in [4.69, 9.17) is 11.6 Å². The second kappa shape index (κ2) is 4.80. The van der Waals surface area contributed by atoms with Crippen molar-refractivity contribution in [3.8, 4) is 11.1 Å². The zero-order valence-corrected chi connectivity index (χ0v) is 11.9. The molecule has 0 atom stereocenters. The number of carbonyl (C=O) groups excluding carboxylic acids is 1. The first-order chi connectivity index (χ1) is 9.16. The number of rotatable bonds is 2. The summed E-state index contributed by atoms with van der Waals surface area (Å²) in [4.78, 5) is 11.4. The molecule has 19 heavy (non-hydrogen) atoms. The van der Waals surface area contributed by atoms with Crippen LogP contribution >= 0.6 is 22.9 Å². The highest BCUT2D eigenvalue weighted by atomic mass is 35.5. The van der Waals surface area contributed by atoms with E-state index in [0.717, 1.165) is 11.1 Å². The van der Waals surface area contributed by atoms with Gasteiger partial charge in [-0.05, 0) is 47.0 Å². The summed E-state index contributed by atoms with van der Waals surface area (Å²) in [5, 5.41) is 3.83. The first-order valence-electron chi connectivity index (χ1n) is 5.94. The van der Waals surface area contributed by atoms with Crippen molar-refractivity contribution in [1.29, 1.82) is 0 Å². The smallest absolute Gasteiger partial charge is 0.161 e. The van der Waals surface area contributed by atoms with E-state index in [1.54, 1.807) is 17.4 Å². The Labute approximate surface area is 120 Å². The minimum absolute atomic E-state index is 0.00844. The molecule has 0 amide bonds. The van der Waals surface area contributed by atoms with Gasteiger partial charge < -0.3 is 0 Å². The summed E-state index contributed by atoms with van der Waals surface area (Å²) in [6, 6.07) is 13.9. The zero-order chi connectivity index (χ0) is 13.4. The van der Waals surface area contributed by atoms with E-state index in [-0.39, 0.29) is 5.78 Å². The van der Waals surface area contributed by atoms with E-state index in [1.807, 2.05) is 18.2 Å². The summed E-state index contributed by atoms with van der Waals surface area (Å²) in [5.74, 6) is -0.00844. The van der Waals surface area contributed by atoms with Crippen molar-refractivity contribution < 1.29 is 4.79 Å². The first-order valence-corrected chi connectivity index (χ1v) is 7.19. The number of hydrogen-bond acceptors (Lipinski definition) is 2. The monoisotopic (exact) mass is 286 g/mol. The topological polar surface area (TPSA) is 17.1 Å². The van der Waals surface area contributed by atoms with Gasteiger partial charge in [0, 0.05) is 10.3 Å². The third-order valence-corrected chi connectivity index (χ3v) is 4.41. The van der Waals surface area contributed by atoms with Crippen LogP contribution in [0.15, 0.2) is 47.8 Å². The summed E-state index contributed by atoms with van der Waals surface area (Å²) in [7, 11) is 0. The second-order valence-corrected chi connectivity index (χ2v) is 5.72. The van der Waals surface area contributed by atoms with Gasteiger partial charge in [-0.2, -0.15) is 0 Å². The molecule has 94 valence electrons. The fourth-order valence-electron chi connectivity index (χ4n) is 2.19. The average molecular weight is 287 g/mol. The molecule has 0 saturated carbocycles. The number of thiophene rings is 1. The Morgan fingerprint density at radius 1 is 1.16 bits per heavy atom. The fraction of sp³-hybridized carbons (Fsp3) is 0.0625. The molecule has 0 unspecified atom stereocenters. The SMILES string of the molecule is CC(=O)c1ccc(-c2cccc3ccsc23)cc1Cl. The predicted molar refractivity (Wildman–Crippen MR) is 82.3 cm³/mol. The molecule has 0 aliphatic heterocycles. The molecule has 3 rings (SSSR count). The maximum Gasteiger partial charge on any atom is 0.161 e. The van der Waals surface area contributed by atoms with Gasteiger partial charge in [-0.25, -0.2) is 0 Å². The third kappa shape index (κ3) is 2.18. The Morgan fingerprint density at radius 3 is 2.74 bits per heavy atom. The van der Waals surface area contributed by atoms with Gasteiger partial charge in [0.05, 0.1) is 5.02 Å². The number of benzene rings is 2. The van der Waals surface area contributed by atoms with Gasteiger partial charge in [0.1, 0.15) is 0 Å². The maximum absolute atomic E-state index is 11.4. The van der Waals surface area contributed by atoms with Crippen LogP contribution in [0.3, 0.4) is 0 Å². The van der Waals surface area contributed by atoms with E-state index in [9.17, 15) is 4.79 Å². The van der Waals surface area contributed by atoms with Crippen molar-refractivity contribution in [2.45, 2.75) is 6.92 Å². The molecule has 3 heteroatoms. The lowest BCUT2D eigenvalue weighted by molar-refractivity contribution is 0.101. The summed E-state index contributed by atoms with van der Waals surface area (Å²) < 4.78 is 1.24. The number of carbonyl (C=O) groups is 1. The molecule has 0 bridgehead atoms. The van der Waals surface area contributed by atoms with Gasteiger partial charge in [0.2, 0.25) is 0 Å². The molecule has 0 N–H and O–H groups in total. The van der Waals surface area contributed by atoms with E-state index < -0.39 is 0 Å². The Bertz CT molecular complexity index is 773. The van der Waals surface area contributed by atoms with Gasteiger partial charge in [-0.1, -0.05) is 35.9 Å². The van der Waals surface area contributed by atoms with Crippen molar-refractivity contribution in [1.82, 2.24) is 0 Å². The fourth-order valence-corrected chi connectivity index (χ4v) is 3.44. The Morgan fingerprint density at radius 2 is 2.00 bits per heavy atom. The summed E-state index contributed by atoms with van der Waals surface area (Å²) in [6.45, 7) is 1.53. The largest absolute Gasteiger partial charge is 0.294 e. The molecular formula is C16H11ClOS. The first kappa shape index (κ1) is 12.4. The van der Waals surface area contributed by atoms with Crippen LogP contribution in [-0.4, -0.2) is 5.78 Å². The minimum atomic E-state index is -0.00844. The third-order valence-electron chi connectivity index (χ3n) is 3.14. The lowest BCUT2D eigenvalue weighted by Crippen LogP contribution is -1.93. The molecule has 1 aromatic heterocycles. The van der Waals surface area contributed by atoms with E-state index in [0.29, 0.717) is 10.6 Å². The Hall–Kier alpha value is -1.64. The van der Waals surface area contributed by atoms with Crippen LogP contribution in [-0.2, 0) is 0 Å². The van der Waals surface area contributed by atoms with Gasteiger partial charge in [-0.15, -0.1) is 11.3 Å². The lowest BCUT2D eigenvalue weighted by Gasteiger charge is -2.06. The maximum atomic E-state index is 11.4. The van der Waals surface area contributed by atoms with Crippen LogP contribution in [0.2, 0.25) is 5.02 Å². The highest BCUT2D eigenvalue weighted by Crippen LogP contribution is 2.34. The van der Waals surface area contributed by atoms with Crippen LogP contribution in [0.25, 0.3) is 21.2 Å². The van der Waals surface area contributed by atoms with E-state index in [1.165, 1.54) is 17.0 Å². The van der Waals surface area contributed by atoms with E-state index in [2.05, 4.69) is 23.6 Å². The molecule has 1 nitrogen and oxygen atoms in total. The van der Waals surface area contributed by atoms with E-state index >= 15 is 0 Å². The molecule has 0 aliphatic rings. The van der Waals surface area contributed by atoms with Crippen LogP contribution < -0.4 is 0 Å². The Kier molecular flexibility index (Phi) is 3.13. The molecule has 0 aliphatic carbocycles. The lowest BCUT2D eigenvalue weighted by atomic mass is 10.0. The van der Waals surface area contributed by atoms with Gasteiger partial charge in [0.15, 0.2) is 5.78 Å². The van der Waals surface area contributed by atoms with Crippen molar-refractivity contribution in [3.05, 3.63) is 58.4 Å². The van der Waals surface area contributed by atoms with Crippen molar-refractivity contribution >= 4 is 38.8 Å². The molecular weight excluding hydrogens is 276 g/mol. The van der Waals surface area contributed by atoms with Gasteiger partial charge in [-0.3, -0.25) is 4.79 Å². The minimum Gasteiger partial charge on any atom is -0.294 e. The number of halogens is 1. The number of fused-ring (bicyclic) bond motifs is 1. The molecule has 0 radical (unpaired) electrons. The highest BCUT2D eigenvalue weighted by molar-refractivity contribution is 7.17. The summed E-state index contributed by atoms with van der Waals surface area (Å²) in [6.07, 6.45) is 0. The van der Waals surface area contributed by atoms with Crippen LogP contribution in [0.4, 0.5) is 0 Å². The molecule has 0 fully saturated rings. The van der Waals surface area contributed by atoms with Gasteiger partial charge in [0.25, 0.3) is 0 Å². The predicted octanol–water partition coefficient (Wildman–Crippen LogP) is 5.42. The van der Waals surface area contributed by atoms with Crippen LogP contribution in [0.5, 0.6) is 0 Å². The summed E-state index contributed by atoms with van der Waals surface area (Å²) in [5.41, 5.74) is 2.77. The highest BCUT2D eigenvalue weighted by Gasteiger charge is 2.09. The van der Waals surface area contributed by atoms with Gasteiger partial charge >= 0.3 is 0 Å². The normalized spacial score (nSPS) is 10.8. The molecule has 2 aromatic carbocycles. The quantitative estimate of drug-likeness (QED) is 0.575. The molecule has 0 saturated heterocycles. The summed E-state index contributed by atoms with van der Waals surface area (Å²) >= 11 is 7.90. The zero-order valence-electron chi connectivity index (χ0n) is 10.3. The number of Topliss-reactive ketones (excluding diaryl/α,β-unsaturated/α-hetero) is 1.